The molecule has 10 heteroatoms. The number of hydrogen-bond donors (Lipinski definition) is 1. The van der Waals surface area contributed by atoms with Crippen molar-refractivity contribution in [2.75, 3.05) is 18.0 Å². The highest BCUT2D eigenvalue weighted by Crippen LogP contribution is 2.19. The summed E-state index contributed by atoms with van der Waals surface area (Å²) < 4.78 is 29.6. The molecule has 29 heavy (non-hydrogen) atoms. The van der Waals surface area contributed by atoms with Crippen molar-refractivity contribution in [2.45, 2.75) is 37.1 Å². The molecule has 3 aromatic rings. The number of benzene rings is 1. The van der Waals surface area contributed by atoms with Gasteiger partial charge in [0.05, 0.1) is 10.6 Å². The van der Waals surface area contributed by atoms with E-state index in [1.54, 1.807) is 24.4 Å². The van der Waals surface area contributed by atoms with E-state index < -0.39 is 10.0 Å². The molecule has 0 bridgehead atoms. The SMILES string of the molecule is O=S(=O)(NCc1ccnc(N2CCCCCC2)c1)c1cccc(-n2cnnn2)c1. The van der Waals surface area contributed by atoms with Crippen LogP contribution in [-0.4, -0.2) is 46.7 Å². The van der Waals surface area contributed by atoms with Crippen LogP contribution in [0, 0.1) is 0 Å². The van der Waals surface area contributed by atoms with Gasteiger partial charge in [0, 0.05) is 25.8 Å². The first-order chi connectivity index (χ1) is 14.1. The molecule has 0 unspecified atom stereocenters. The predicted molar refractivity (Wildman–Crippen MR) is 108 cm³/mol. The maximum absolute atomic E-state index is 12.8. The highest BCUT2D eigenvalue weighted by molar-refractivity contribution is 7.89. The van der Waals surface area contributed by atoms with Gasteiger partial charge in [-0.3, -0.25) is 0 Å². The summed E-state index contributed by atoms with van der Waals surface area (Å²) in [6, 6.07) is 10.3. The highest BCUT2D eigenvalue weighted by atomic mass is 32.2. The zero-order valence-electron chi connectivity index (χ0n) is 16.0. The fourth-order valence-corrected chi connectivity index (χ4v) is 4.43. The topological polar surface area (TPSA) is 106 Å². The minimum absolute atomic E-state index is 0.160. The highest BCUT2D eigenvalue weighted by Gasteiger charge is 2.16. The predicted octanol–water partition coefficient (Wildman–Crippen LogP) is 1.92. The Morgan fingerprint density at radius 3 is 2.62 bits per heavy atom. The lowest BCUT2D eigenvalue weighted by atomic mass is 10.2. The first-order valence-corrected chi connectivity index (χ1v) is 11.1. The van der Waals surface area contributed by atoms with E-state index in [1.165, 1.54) is 29.9 Å². The van der Waals surface area contributed by atoms with Crippen LogP contribution >= 0.6 is 0 Å². The number of pyridine rings is 1. The van der Waals surface area contributed by atoms with E-state index in [4.69, 9.17) is 0 Å². The number of sulfonamides is 1. The van der Waals surface area contributed by atoms with Crippen LogP contribution in [0.15, 0.2) is 53.8 Å². The molecule has 3 heterocycles. The van der Waals surface area contributed by atoms with Crippen molar-refractivity contribution >= 4 is 15.8 Å². The van der Waals surface area contributed by atoms with E-state index in [-0.39, 0.29) is 11.4 Å². The van der Waals surface area contributed by atoms with Gasteiger partial charge in [-0.1, -0.05) is 18.9 Å². The fourth-order valence-electron chi connectivity index (χ4n) is 3.38. The summed E-state index contributed by atoms with van der Waals surface area (Å²) in [6.07, 6.45) is 7.98. The van der Waals surface area contributed by atoms with Gasteiger partial charge in [0.25, 0.3) is 0 Å². The maximum atomic E-state index is 12.8. The van der Waals surface area contributed by atoms with Crippen LogP contribution in [0.1, 0.15) is 31.2 Å². The van der Waals surface area contributed by atoms with Crippen molar-refractivity contribution in [1.29, 1.82) is 0 Å². The summed E-state index contributed by atoms with van der Waals surface area (Å²) in [5.74, 6) is 0.907. The second kappa shape index (κ2) is 8.66. The zero-order valence-corrected chi connectivity index (χ0v) is 16.8. The third-order valence-electron chi connectivity index (χ3n) is 4.95. The number of nitrogens with one attached hydrogen (secondary N) is 1. The Morgan fingerprint density at radius 2 is 1.86 bits per heavy atom. The van der Waals surface area contributed by atoms with Gasteiger partial charge in [0.1, 0.15) is 12.1 Å². The summed E-state index contributed by atoms with van der Waals surface area (Å²) in [5.41, 5.74) is 1.45. The Kier molecular flexibility index (Phi) is 5.81. The minimum atomic E-state index is -3.68. The maximum Gasteiger partial charge on any atom is 0.240 e. The Bertz CT molecular complexity index is 1050. The average Bonchev–Trinajstić information content (AvgIpc) is 3.15. The molecule has 0 spiro atoms. The van der Waals surface area contributed by atoms with Crippen molar-refractivity contribution in [1.82, 2.24) is 29.9 Å². The second-order valence-electron chi connectivity index (χ2n) is 7.00. The lowest BCUT2D eigenvalue weighted by molar-refractivity contribution is 0.581. The molecule has 0 amide bonds. The normalized spacial score (nSPS) is 15.2. The van der Waals surface area contributed by atoms with E-state index >= 15 is 0 Å². The zero-order chi connectivity index (χ0) is 20.1. The van der Waals surface area contributed by atoms with Crippen molar-refractivity contribution in [3.63, 3.8) is 0 Å². The lowest BCUT2D eigenvalue weighted by Crippen LogP contribution is -2.26. The van der Waals surface area contributed by atoms with E-state index in [0.717, 1.165) is 37.3 Å². The lowest BCUT2D eigenvalue weighted by Gasteiger charge is -2.21. The fraction of sp³-hybridized carbons (Fsp3) is 0.368. The molecule has 0 atom stereocenters. The van der Waals surface area contributed by atoms with Crippen molar-refractivity contribution in [3.8, 4) is 5.69 Å². The van der Waals surface area contributed by atoms with Crippen LogP contribution in [0.25, 0.3) is 5.69 Å². The van der Waals surface area contributed by atoms with E-state index in [2.05, 4.69) is 30.1 Å². The van der Waals surface area contributed by atoms with Crippen LogP contribution < -0.4 is 9.62 Å². The molecule has 1 saturated heterocycles. The van der Waals surface area contributed by atoms with Crippen LogP contribution in [-0.2, 0) is 16.6 Å². The standard InChI is InChI=1S/C19H23N7O2S/c27-29(28,18-7-5-6-17(13-18)26-15-21-23-24-26)22-14-16-8-9-20-19(12-16)25-10-3-1-2-4-11-25/h5-9,12-13,15,22H,1-4,10-11,14H2. The van der Waals surface area contributed by atoms with Crippen LogP contribution in [0.5, 0.6) is 0 Å². The first-order valence-electron chi connectivity index (χ1n) is 9.65. The molecule has 1 aliphatic rings. The molecule has 9 nitrogen and oxygen atoms in total. The molecular formula is C19H23N7O2S. The molecule has 1 N–H and O–H groups in total. The Hall–Kier alpha value is -2.85. The first kappa shape index (κ1) is 19.5. The molecule has 0 aliphatic carbocycles. The number of aromatic nitrogens is 5. The van der Waals surface area contributed by atoms with Gasteiger partial charge < -0.3 is 4.90 Å². The van der Waals surface area contributed by atoms with Crippen LogP contribution in [0.2, 0.25) is 0 Å². The van der Waals surface area contributed by atoms with Crippen molar-refractivity contribution in [3.05, 3.63) is 54.5 Å². The van der Waals surface area contributed by atoms with Crippen LogP contribution in [0.4, 0.5) is 5.82 Å². The summed E-state index contributed by atoms with van der Waals surface area (Å²) in [5, 5.41) is 10.9. The molecule has 2 aromatic heterocycles. The van der Waals surface area contributed by atoms with Gasteiger partial charge in [0.15, 0.2) is 0 Å². The molecule has 4 rings (SSSR count). The Morgan fingerprint density at radius 1 is 1.03 bits per heavy atom. The van der Waals surface area contributed by atoms with Crippen molar-refractivity contribution < 1.29 is 8.42 Å². The Labute approximate surface area is 169 Å². The molecule has 1 fully saturated rings. The van der Waals surface area contributed by atoms with Gasteiger partial charge >= 0.3 is 0 Å². The number of rotatable bonds is 6. The Balaban J connectivity index is 1.47. The number of hydrogen-bond acceptors (Lipinski definition) is 7. The number of anilines is 1. The smallest absolute Gasteiger partial charge is 0.240 e. The monoisotopic (exact) mass is 413 g/mol. The van der Waals surface area contributed by atoms with Gasteiger partial charge in [-0.15, -0.1) is 5.10 Å². The molecule has 0 saturated carbocycles. The summed E-state index contributed by atoms with van der Waals surface area (Å²) >= 11 is 0. The molecule has 0 radical (unpaired) electrons. The molecule has 1 aliphatic heterocycles. The van der Waals surface area contributed by atoms with Gasteiger partial charge in [0.2, 0.25) is 10.0 Å². The van der Waals surface area contributed by atoms with Gasteiger partial charge in [-0.05, 0) is 59.2 Å². The van der Waals surface area contributed by atoms with Gasteiger partial charge in [-0.2, -0.15) is 0 Å². The molecular weight excluding hydrogens is 390 g/mol. The van der Waals surface area contributed by atoms with E-state index in [1.807, 2.05) is 12.1 Å². The molecule has 1 aromatic carbocycles. The summed E-state index contributed by atoms with van der Waals surface area (Å²) in [6.45, 7) is 2.18. The quantitative estimate of drug-likeness (QED) is 0.658. The summed E-state index contributed by atoms with van der Waals surface area (Å²) in [7, 11) is -3.68. The van der Waals surface area contributed by atoms with E-state index in [0.29, 0.717) is 5.69 Å². The largest absolute Gasteiger partial charge is 0.357 e. The van der Waals surface area contributed by atoms with E-state index in [9.17, 15) is 8.42 Å². The molecule has 152 valence electrons. The minimum Gasteiger partial charge on any atom is -0.357 e. The third-order valence-corrected chi connectivity index (χ3v) is 6.35. The number of nitrogens with zero attached hydrogens (tertiary/aromatic N) is 6. The third kappa shape index (κ3) is 4.77. The average molecular weight is 414 g/mol. The van der Waals surface area contributed by atoms with Crippen molar-refractivity contribution in [2.24, 2.45) is 0 Å². The van der Waals surface area contributed by atoms with Gasteiger partial charge in [-0.25, -0.2) is 22.8 Å². The second-order valence-corrected chi connectivity index (χ2v) is 8.77. The number of tetrazole rings is 1. The summed E-state index contributed by atoms with van der Waals surface area (Å²) in [4.78, 5) is 6.91. The van der Waals surface area contributed by atoms with Crippen LogP contribution in [0.3, 0.4) is 0 Å².